The molecule has 1 aliphatic heterocycles. The molecule has 0 atom stereocenters. The molecule has 1 aromatic heterocycles. The third kappa shape index (κ3) is 3.14. The van der Waals surface area contributed by atoms with E-state index in [0.29, 0.717) is 23.6 Å². The molecule has 2 heterocycles. The Hall–Kier alpha value is -2.60. The first-order chi connectivity index (χ1) is 13.0. The summed E-state index contributed by atoms with van der Waals surface area (Å²) in [5, 5.41) is 3.91. The number of benzene rings is 2. The number of aromatic nitrogens is 1. The van der Waals surface area contributed by atoms with Crippen LogP contribution in [0.1, 0.15) is 30.2 Å². The van der Waals surface area contributed by atoms with E-state index in [9.17, 15) is 8.42 Å². The SMILES string of the molecule is CCc1ccc(-c2cc(C)no2)cc1S(=O)(=O)N1CCCc2ccccc21. The minimum Gasteiger partial charge on any atom is -0.356 e. The molecule has 5 nitrogen and oxygen atoms in total. The van der Waals surface area contributed by atoms with Crippen molar-refractivity contribution in [3.63, 3.8) is 0 Å². The van der Waals surface area contributed by atoms with Crippen molar-refractivity contribution in [2.45, 2.75) is 38.0 Å². The molecule has 0 bridgehead atoms. The van der Waals surface area contributed by atoms with Crippen LogP contribution in [0.25, 0.3) is 11.3 Å². The van der Waals surface area contributed by atoms with Gasteiger partial charge in [-0.2, -0.15) is 0 Å². The molecule has 4 rings (SSSR count). The van der Waals surface area contributed by atoms with Crippen LogP contribution < -0.4 is 4.31 Å². The fourth-order valence-corrected chi connectivity index (χ4v) is 5.47. The number of fused-ring (bicyclic) bond motifs is 1. The molecule has 0 fully saturated rings. The van der Waals surface area contributed by atoms with Crippen LogP contribution in [0.4, 0.5) is 5.69 Å². The number of aryl methyl sites for hydroxylation is 3. The average Bonchev–Trinajstić information content (AvgIpc) is 3.13. The predicted octanol–water partition coefficient (Wildman–Crippen LogP) is 4.35. The molecule has 1 aliphatic rings. The summed E-state index contributed by atoms with van der Waals surface area (Å²) in [7, 11) is -3.67. The van der Waals surface area contributed by atoms with Crippen LogP contribution in [-0.4, -0.2) is 20.1 Å². The van der Waals surface area contributed by atoms with Gasteiger partial charge in [-0.25, -0.2) is 8.42 Å². The van der Waals surface area contributed by atoms with Crippen molar-refractivity contribution in [1.29, 1.82) is 0 Å². The Balaban J connectivity index is 1.84. The highest BCUT2D eigenvalue weighted by atomic mass is 32.2. The molecule has 0 amide bonds. The minimum atomic E-state index is -3.67. The van der Waals surface area contributed by atoms with Gasteiger partial charge in [0.1, 0.15) is 0 Å². The quantitative estimate of drug-likeness (QED) is 0.673. The van der Waals surface area contributed by atoms with Crippen molar-refractivity contribution < 1.29 is 12.9 Å². The lowest BCUT2D eigenvalue weighted by atomic mass is 10.0. The molecule has 0 saturated carbocycles. The highest BCUT2D eigenvalue weighted by Gasteiger charge is 2.30. The van der Waals surface area contributed by atoms with E-state index in [1.165, 1.54) is 0 Å². The predicted molar refractivity (Wildman–Crippen MR) is 105 cm³/mol. The van der Waals surface area contributed by atoms with Gasteiger partial charge in [0.15, 0.2) is 5.76 Å². The molecule has 27 heavy (non-hydrogen) atoms. The second-order valence-electron chi connectivity index (χ2n) is 6.82. The lowest BCUT2D eigenvalue weighted by Gasteiger charge is -2.31. The number of rotatable bonds is 4. The van der Waals surface area contributed by atoms with E-state index in [0.717, 1.165) is 40.9 Å². The third-order valence-electron chi connectivity index (χ3n) is 5.00. The summed E-state index contributed by atoms with van der Waals surface area (Å²) >= 11 is 0. The highest BCUT2D eigenvalue weighted by molar-refractivity contribution is 7.92. The Morgan fingerprint density at radius 3 is 2.70 bits per heavy atom. The molecule has 0 radical (unpaired) electrons. The number of hydrogen-bond donors (Lipinski definition) is 0. The Labute approximate surface area is 159 Å². The van der Waals surface area contributed by atoms with Crippen LogP contribution >= 0.6 is 0 Å². The molecule has 2 aromatic carbocycles. The average molecular weight is 382 g/mol. The normalized spacial score (nSPS) is 14.2. The van der Waals surface area contributed by atoms with Crippen LogP contribution in [0.3, 0.4) is 0 Å². The maximum atomic E-state index is 13.6. The Morgan fingerprint density at radius 1 is 1.15 bits per heavy atom. The van der Waals surface area contributed by atoms with Crippen LogP contribution in [0.15, 0.2) is 57.9 Å². The van der Waals surface area contributed by atoms with Gasteiger partial charge < -0.3 is 4.52 Å². The minimum absolute atomic E-state index is 0.341. The van der Waals surface area contributed by atoms with Crippen LogP contribution in [0.2, 0.25) is 0 Å². The molecular weight excluding hydrogens is 360 g/mol. The zero-order valence-electron chi connectivity index (χ0n) is 15.5. The van der Waals surface area contributed by atoms with E-state index in [1.807, 2.05) is 56.3 Å². The van der Waals surface area contributed by atoms with Gasteiger partial charge in [0.05, 0.1) is 16.3 Å². The van der Waals surface area contributed by atoms with Gasteiger partial charge in [0.25, 0.3) is 10.0 Å². The fraction of sp³-hybridized carbons (Fsp3) is 0.286. The summed E-state index contributed by atoms with van der Waals surface area (Å²) in [6.07, 6.45) is 2.36. The van der Waals surface area contributed by atoms with Gasteiger partial charge in [0, 0.05) is 18.2 Å². The first kappa shape index (κ1) is 17.8. The number of sulfonamides is 1. The number of nitrogens with zero attached hydrogens (tertiary/aromatic N) is 2. The lowest BCUT2D eigenvalue weighted by molar-refractivity contribution is 0.427. The van der Waals surface area contributed by atoms with E-state index < -0.39 is 10.0 Å². The smallest absolute Gasteiger partial charge is 0.264 e. The summed E-state index contributed by atoms with van der Waals surface area (Å²) in [4.78, 5) is 0.341. The van der Waals surface area contributed by atoms with Gasteiger partial charge in [-0.15, -0.1) is 0 Å². The summed E-state index contributed by atoms with van der Waals surface area (Å²) in [5.74, 6) is 0.575. The maximum absolute atomic E-state index is 13.6. The summed E-state index contributed by atoms with van der Waals surface area (Å²) < 4.78 is 34.1. The van der Waals surface area contributed by atoms with Crippen molar-refractivity contribution >= 4 is 15.7 Å². The van der Waals surface area contributed by atoms with Gasteiger partial charge in [0.2, 0.25) is 0 Å². The summed E-state index contributed by atoms with van der Waals surface area (Å²) in [6.45, 7) is 4.31. The lowest BCUT2D eigenvalue weighted by Crippen LogP contribution is -2.36. The molecule has 140 valence electrons. The maximum Gasteiger partial charge on any atom is 0.264 e. The first-order valence-electron chi connectivity index (χ1n) is 9.18. The molecular formula is C21H22N2O3S. The molecule has 0 saturated heterocycles. The Kier molecular flexibility index (Phi) is 4.52. The molecule has 0 spiro atoms. The number of hydrogen-bond acceptors (Lipinski definition) is 4. The van der Waals surface area contributed by atoms with E-state index in [4.69, 9.17) is 4.52 Å². The van der Waals surface area contributed by atoms with Crippen molar-refractivity contribution in [3.8, 4) is 11.3 Å². The van der Waals surface area contributed by atoms with E-state index in [-0.39, 0.29) is 0 Å². The zero-order chi connectivity index (χ0) is 19.0. The van der Waals surface area contributed by atoms with Crippen molar-refractivity contribution in [2.24, 2.45) is 0 Å². The van der Waals surface area contributed by atoms with E-state index in [1.54, 1.807) is 10.4 Å². The third-order valence-corrected chi connectivity index (χ3v) is 6.89. The molecule has 3 aromatic rings. The van der Waals surface area contributed by atoms with Gasteiger partial charge >= 0.3 is 0 Å². The number of para-hydroxylation sites is 1. The zero-order valence-corrected chi connectivity index (χ0v) is 16.3. The second kappa shape index (κ2) is 6.85. The largest absolute Gasteiger partial charge is 0.356 e. The Bertz CT molecular complexity index is 1090. The Morgan fingerprint density at radius 2 is 1.96 bits per heavy atom. The van der Waals surface area contributed by atoms with Crippen LogP contribution in [0, 0.1) is 6.92 Å². The van der Waals surface area contributed by atoms with E-state index >= 15 is 0 Å². The fourth-order valence-electron chi connectivity index (χ4n) is 3.61. The standard InChI is InChI=1S/C21H22N2O3S/c1-3-16-10-11-18(20-13-15(2)22-26-20)14-21(16)27(24,25)23-12-6-8-17-7-4-5-9-19(17)23/h4-5,7,9-11,13-14H,3,6,8,12H2,1-2H3. The van der Waals surface area contributed by atoms with Crippen molar-refractivity contribution in [3.05, 3.63) is 65.4 Å². The van der Waals surface area contributed by atoms with E-state index in [2.05, 4.69) is 5.16 Å². The summed E-state index contributed by atoms with van der Waals surface area (Å²) in [5.41, 5.74) is 4.15. The summed E-state index contributed by atoms with van der Waals surface area (Å²) in [6, 6.07) is 15.0. The molecule has 6 heteroatoms. The highest BCUT2D eigenvalue weighted by Crippen LogP contribution is 2.34. The second-order valence-corrected chi connectivity index (χ2v) is 8.65. The monoisotopic (exact) mass is 382 g/mol. The topological polar surface area (TPSA) is 63.4 Å². The molecule has 0 unspecified atom stereocenters. The molecule has 0 aliphatic carbocycles. The molecule has 0 N–H and O–H groups in total. The van der Waals surface area contributed by atoms with Crippen molar-refractivity contribution in [1.82, 2.24) is 5.16 Å². The van der Waals surface area contributed by atoms with Crippen molar-refractivity contribution in [2.75, 3.05) is 10.8 Å². The van der Waals surface area contributed by atoms with Gasteiger partial charge in [-0.05, 0) is 49.4 Å². The first-order valence-corrected chi connectivity index (χ1v) is 10.6. The van der Waals surface area contributed by atoms with Gasteiger partial charge in [-0.1, -0.05) is 42.4 Å². The number of anilines is 1. The van der Waals surface area contributed by atoms with Crippen LogP contribution in [0.5, 0.6) is 0 Å². The van der Waals surface area contributed by atoms with Gasteiger partial charge in [-0.3, -0.25) is 4.31 Å². The van der Waals surface area contributed by atoms with Crippen LogP contribution in [-0.2, 0) is 22.9 Å².